The number of amides is 1. The second-order valence-electron chi connectivity index (χ2n) is 6.06. The molecular weight excluding hydrogens is 311 g/mol. The van der Waals surface area contributed by atoms with Crippen LogP contribution in [-0.2, 0) is 11.3 Å². The molecule has 1 aliphatic heterocycles. The molecule has 128 valence electrons. The summed E-state index contributed by atoms with van der Waals surface area (Å²) in [5, 5.41) is 7.46. The van der Waals surface area contributed by atoms with Gasteiger partial charge in [-0.3, -0.25) is 4.79 Å². The van der Waals surface area contributed by atoms with Crippen molar-refractivity contribution < 1.29 is 13.9 Å². The first-order valence-electron chi connectivity index (χ1n) is 8.19. The van der Waals surface area contributed by atoms with Crippen molar-refractivity contribution in [1.29, 1.82) is 0 Å². The molecule has 0 bridgehead atoms. The Morgan fingerprint density at radius 1 is 1.25 bits per heavy atom. The van der Waals surface area contributed by atoms with Crippen molar-refractivity contribution in [3.63, 3.8) is 0 Å². The highest BCUT2D eigenvalue weighted by Gasteiger charge is 2.23. The Morgan fingerprint density at radius 2 is 2.00 bits per heavy atom. The van der Waals surface area contributed by atoms with E-state index in [-0.39, 0.29) is 11.7 Å². The van der Waals surface area contributed by atoms with E-state index in [4.69, 9.17) is 4.74 Å². The number of halogens is 1. The molecule has 1 fully saturated rings. The van der Waals surface area contributed by atoms with Crippen LogP contribution in [0, 0.1) is 11.7 Å². The normalized spacial score (nSPS) is 17.7. The molecule has 1 amide bonds. The van der Waals surface area contributed by atoms with Crippen LogP contribution in [0.25, 0.3) is 0 Å². The molecule has 3 rings (SSSR count). The monoisotopic (exact) mass is 332 g/mol. The van der Waals surface area contributed by atoms with Crippen molar-refractivity contribution in [3.05, 3.63) is 42.7 Å². The zero-order valence-corrected chi connectivity index (χ0v) is 13.5. The van der Waals surface area contributed by atoms with Gasteiger partial charge in [-0.15, -0.1) is 10.2 Å². The van der Waals surface area contributed by atoms with Crippen molar-refractivity contribution in [2.24, 2.45) is 5.92 Å². The Morgan fingerprint density at radius 3 is 2.75 bits per heavy atom. The molecule has 1 aromatic heterocycles. The molecule has 0 radical (unpaired) electrons. The zero-order chi connectivity index (χ0) is 16.8. The SMILES string of the molecule is O=C(CCn1cnnc1)N1CCC[C@@H](COc2ccc(F)cc2)C1. The van der Waals surface area contributed by atoms with E-state index in [1.54, 1.807) is 29.4 Å². The van der Waals surface area contributed by atoms with Gasteiger partial charge in [0.25, 0.3) is 0 Å². The van der Waals surface area contributed by atoms with E-state index in [1.165, 1.54) is 12.1 Å². The number of ether oxygens (including phenoxy) is 1. The highest BCUT2D eigenvalue weighted by Crippen LogP contribution is 2.19. The van der Waals surface area contributed by atoms with E-state index in [2.05, 4.69) is 10.2 Å². The Kier molecular flexibility index (Phi) is 5.40. The first kappa shape index (κ1) is 16.4. The smallest absolute Gasteiger partial charge is 0.224 e. The molecule has 1 aliphatic rings. The van der Waals surface area contributed by atoms with Gasteiger partial charge < -0.3 is 14.2 Å². The lowest BCUT2D eigenvalue weighted by molar-refractivity contribution is -0.133. The Labute approximate surface area is 140 Å². The maximum atomic E-state index is 12.9. The molecule has 0 saturated carbocycles. The molecule has 0 spiro atoms. The Bertz CT molecular complexity index is 645. The number of carbonyl (C=O) groups is 1. The summed E-state index contributed by atoms with van der Waals surface area (Å²) in [5.41, 5.74) is 0. The van der Waals surface area contributed by atoms with Gasteiger partial charge in [-0.25, -0.2) is 4.39 Å². The number of carbonyl (C=O) groups excluding carboxylic acids is 1. The van der Waals surface area contributed by atoms with Crippen LogP contribution >= 0.6 is 0 Å². The number of nitrogens with zero attached hydrogens (tertiary/aromatic N) is 4. The second-order valence-corrected chi connectivity index (χ2v) is 6.06. The van der Waals surface area contributed by atoms with E-state index in [9.17, 15) is 9.18 Å². The Hall–Kier alpha value is -2.44. The standard InChI is InChI=1S/C17H21FN4O2/c18-15-3-5-16(6-4-15)24-11-14-2-1-8-22(10-14)17(23)7-9-21-12-19-20-13-21/h3-6,12-14H,1-2,7-11H2/t14-/m1/s1. The minimum atomic E-state index is -0.273. The largest absolute Gasteiger partial charge is 0.493 e. The van der Waals surface area contributed by atoms with Gasteiger partial charge in [-0.05, 0) is 37.1 Å². The minimum Gasteiger partial charge on any atom is -0.493 e. The van der Waals surface area contributed by atoms with Crippen LogP contribution < -0.4 is 4.74 Å². The molecule has 2 heterocycles. The third kappa shape index (κ3) is 4.53. The number of aromatic nitrogens is 3. The van der Waals surface area contributed by atoms with Gasteiger partial charge in [0, 0.05) is 32.0 Å². The number of rotatable bonds is 6. The zero-order valence-electron chi connectivity index (χ0n) is 13.5. The molecular formula is C17H21FN4O2. The summed E-state index contributed by atoms with van der Waals surface area (Å²) in [5.74, 6) is 0.843. The van der Waals surface area contributed by atoms with Gasteiger partial charge in [0.05, 0.1) is 6.61 Å². The number of likely N-dealkylation sites (tertiary alicyclic amines) is 1. The first-order valence-corrected chi connectivity index (χ1v) is 8.19. The summed E-state index contributed by atoms with van der Waals surface area (Å²) < 4.78 is 20.4. The summed E-state index contributed by atoms with van der Waals surface area (Å²) in [6.45, 7) is 2.65. The highest BCUT2D eigenvalue weighted by atomic mass is 19.1. The van der Waals surface area contributed by atoms with E-state index in [1.807, 2.05) is 4.90 Å². The molecule has 1 saturated heterocycles. The topological polar surface area (TPSA) is 60.2 Å². The van der Waals surface area contributed by atoms with Gasteiger partial charge in [0.2, 0.25) is 5.91 Å². The van der Waals surface area contributed by atoms with Crippen molar-refractivity contribution in [1.82, 2.24) is 19.7 Å². The molecule has 2 aromatic rings. The van der Waals surface area contributed by atoms with Crippen molar-refractivity contribution in [2.45, 2.75) is 25.8 Å². The van der Waals surface area contributed by atoms with Crippen LogP contribution in [0.4, 0.5) is 4.39 Å². The second kappa shape index (κ2) is 7.90. The van der Waals surface area contributed by atoms with Gasteiger partial charge >= 0.3 is 0 Å². The summed E-state index contributed by atoms with van der Waals surface area (Å²) in [6.07, 6.45) is 5.70. The van der Waals surface area contributed by atoms with Gasteiger partial charge in [0.15, 0.2) is 0 Å². The molecule has 1 atom stereocenters. The van der Waals surface area contributed by atoms with Crippen molar-refractivity contribution in [2.75, 3.05) is 19.7 Å². The van der Waals surface area contributed by atoms with Crippen LogP contribution in [0.15, 0.2) is 36.9 Å². The molecule has 0 unspecified atom stereocenters. The molecule has 6 nitrogen and oxygen atoms in total. The number of hydrogen-bond acceptors (Lipinski definition) is 4. The fraction of sp³-hybridized carbons (Fsp3) is 0.471. The predicted molar refractivity (Wildman–Crippen MR) is 85.8 cm³/mol. The highest BCUT2D eigenvalue weighted by molar-refractivity contribution is 5.76. The van der Waals surface area contributed by atoms with E-state index in [0.717, 1.165) is 19.4 Å². The molecule has 24 heavy (non-hydrogen) atoms. The van der Waals surface area contributed by atoms with E-state index >= 15 is 0 Å². The van der Waals surface area contributed by atoms with Gasteiger partial charge in [-0.1, -0.05) is 0 Å². The maximum Gasteiger partial charge on any atom is 0.224 e. The first-order chi connectivity index (χ1) is 11.7. The predicted octanol–water partition coefficient (Wildman–Crippen LogP) is 2.12. The third-order valence-corrected chi connectivity index (χ3v) is 4.22. The maximum absolute atomic E-state index is 12.9. The van der Waals surface area contributed by atoms with Gasteiger partial charge in [-0.2, -0.15) is 0 Å². The Balaban J connectivity index is 1.45. The number of aryl methyl sites for hydroxylation is 1. The quantitative estimate of drug-likeness (QED) is 0.813. The number of hydrogen-bond donors (Lipinski definition) is 0. The fourth-order valence-electron chi connectivity index (χ4n) is 2.89. The summed E-state index contributed by atoms with van der Waals surface area (Å²) in [6, 6.07) is 6.02. The number of piperidine rings is 1. The average Bonchev–Trinajstić information content (AvgIpc) is 3.13. The summed E-state index contributed by atoms with van der Waals surface area (Å²) in [4.78, 5) is 14.2. The third-order valence-electron chi connectivity index (χ3n) is 4.22. The van der Waals surface area contributed by atoms with E-state index in [0.29, 0.717) is 37.8 Å². The molecule has 7 heteroatoms. The lowest BCUT2D eigenvalue weighted by Gasteiger charge is -2.32. The summed E-state index contributed by atoms with van der Waals surface area (Å²) >= 11 is 0. The van der Waals surface area contributed by atoms with Crippen LogP contribution in [0.5, 0.6) is 5.75 Å². The molecule has 0 aliphatic carbocycles. The van der Waals surface area contributed by atoms with Crippen molar-refractivity contribution in [3.8, 4) is 5.75 Å². The van der Waals surface area contributed by atoms with Crippen LogP contribution in [0.2, 0.25) is 0 Å². The minimum absolute atomic E-state index is 0.148. The van der Waals surface area contributed by atoms with Crippen molar-refractivity contribution >= 4 is 5.91 Å². The van der Waals surface area contributed by atoms with Crippen LogP contribution in [0.1, 0.15) is 19.3 Å². The lowest BCUT2D eigenvalue weighted by atomic mass is 9.98. The number of benzene rings is 1. The van der Waals surface area contributed by atoms with Crippen LogP contribution in [-0.4, -0.2) is 45.3 Å². The summed E-state index contributed by atoms with van der Waals surface area (Å²) in [7, 11) is 0. The van der Waals surface area contributed by atoms with E-state index < -0.39 is 0 Å². The lowest BCUT2D eigenvalue weighted by Crippen LogP contribution is -2.41. The average molecular weight is 332 g/mol. The van der Waals surface area contributed by atoms with Crippen LogP contribution in [0.3, 0.4) is 0 Å². The fourth-order valence-corrected chi connectivity index (χ4v) is 2.89. The molecule has 0 N–H and O–H groups in total. The molecule has 1 aromatic carbocycles. The van der Waals surface area contributed by atoms with Gasteiger partial charge in [0.1, 0.15) is 24.2 Å².